The van der Waals surface area contributed by atoms with Gasteiger partial charge in [-0.1, -0.05) is 0 Å². The van der Waals surface area contributed by atoms with Crippen LogP contribution in [-0.4, -0.2) is 11.1 Å². The molecule has 0 atom stereocenters. The Morgan fingerprint density at radius 1 is 1.42 bits per heavy atom. The van der Waals surface area contributed by atoms with Crippen LogP contribution in [0.3, 0.4) is 0 Å². The summed E-state index contributed by atoms with van der Waals surface area (Å²) in [4.78, 5) is 10.4. The molecule has 0 heterocycles. The second kappa shape index (κ2) is 3.83. The van der Waals surface area contributed by atoms with E-state index in [1.54, 1.807) is 0 Å². The molecule has 1 aromatic rings. The number of carbonyl (C=O) groups is 1. The predicted octanol–water partition coefficient (Wildman–Crippen LogP) is 2.39. The lowest BCUT2D eigenvalue weighted by atomic mass is 10.2. The maximum atomic E-state index is 10.4. The Hall–Kier alpha value is -1.41. The number of nitrogens with one attached hydrogen (secondary N) is 1. The Labute approximate surface area is 70.6 Å². The van der Waals surface area contributed by atoms with Crippen molar-refractivity contribution in [2.24, 2.45) is 0 Å². The molecule has 0 saturated carbocycles. The number of hydrogen-bond donors (Lipinski definition) is 2. The molecule has 1 rings (SSSR count). The summed E-state index contributed by atoms with van der Waals surface area (Å²) in [5.74, 6) is -0.471. The molecule has 0 saturated heterocycles. The molecule has 4 nitrogen and oxygen atoms in total. The van der Waals surface area contributed by atoms with E-state index in [-0.39, 0.29) is 14.2 Å². The summed E-state index contributed by atoms with van der Waals surface area (Å²) in [6.07, 6.45) is 0. The van der Waals surface area contributed by atoms with Gasteiger partial charge < -0.3 is 9.63 Å². The molecule has 0 fully saturated rings. The Morgan fingerprint density at radius 2 is 2.00 bits per heavy atom. The van der Waals surface area contributed by atoms with Gasteiger partial charge in [0.1, 0.15) is 5.75 Å². The monoisotopic (exact) mass is 183 g/mol. The molecule has 0 unspecified atom stereocenters. The first kappa shape index (κ1) is 8.68. The Bertz CT molecular complexity index is 296. The first-order chi connectivity index (χ1) is 5.74. The number of carboxylic acid groups (broad SMARTS) is 1. The maximum absolute atomic E-state index is 10.4. The van der Waals surface area contributed by atoms with Crippen molar-refractivity contribution in [3.05, 3.63) is 29.8 Å². The van der Waals surface area contributed by atoms with Crippen molar-refractivity contribution in [3.8, 4) is 5.75 Å². The van der Waals surface area contributed by atoms with E-state index < -0.39 is 5.97 Å². The Kier molecular flexibility index (Phi) is 2.77. The number of benzene rings is 1. The smallest absolute Gasteiger partial charge is 0.335 e. The predicted molar refractivity (Wildman–Crippen MR) is 43.7 cm³/mol. The molecule has 2 N–H and O–H groups in total. The minimum Gasteiger partial charge on any atom is -0.478 e. The highest BCUT2D eigenvalue weighted by atomic mass is 31.1. The highest BCUT2D eigenvalue weighted by Gasteiger charge is 2.00. The van der Waals surface area contributed by atoms with Crippen LogP contribution in [0.2, 0.25) is 0 Å². The van der Waals surface area contributed by atoms with Crippen molar-refractivity contribution >= 4 is 14.6 Å². The van der Waals surface area contributed by atoms with Crippen molar-refractivity contribution < 1.29 is 14.4 Å². The van der Waals surface area contributed by atoms with Gasteiger partial charge in [-0.05, 0) is 24.3 Å². The standard InChI is InChI=1S/C7H6NO3P/c8-12-11-6-3-1-5(2-4-6)7(9)10/h1-4,8H,(H,9,10). The molecular formula is C7H6NO3P. The minimum atomic E-state index is -0.968. The molecule has 0 bridgehead atoms. The van der Waals surface area contributed by atoms with Gasteiger partial charge in [-0.25, -0.2) is 9.96 Å². The van der Waals surface area contributed by atoms with Gasteiger partial charge in [0.2, 0.25) is 8.60 Å². The van der Waals surface area contributed by atoms with Crippen molar-refractivity contribution in [2.45, 2.75) is 0 Å². The summed E-state index contributed by atoms with van der Waals surface area (Å²) in [5, 5.41) is 15.2. The van der Waals surface area contributed by atoms with Crippen LogP contribution in [0.25, 0.3) is 0 Å². The average molecular weight is 183 g/mol. The molecule has 0 aliphatic rings. The molecule has 1 aromatic carbocycles. The van der Waals surface area contributed by atoms with Crippen molar-refractivity contribution in [1.29, 1.82) is 5.16 Å². The van der Waals surface area contributed by atoms with Crippen LogP contribution >= 0.6 is 8.60 Å². The topological polar surface area (TPSA) is 70.4 Å². The van der Waals surface area contributed by atoms with Gasteiger partial charge in [0, 0.05) is 0 Å². The Morgan fingerprint density at radius 3 is 2.42 bits per heavy atom. The van der Waals surface area contributed by atoms with Gasteiger partial charge >= 0.3 is 5.97 Å². The number of hydrogen-bond acceptors (Lipinski definition) is 3. The quantitative estimate of drug-likeness (QED) is 0.706. The maximum Gasteiger partial charge on any atom is 0.335 e. The van der Waals surface area contributed by atoms with Crippen molar-refractivity contribution in [1.82, 2.24) is 0 Å². The molecule has 0 radical (unpaired) electrons. The van der Waals surface area contributed by atoms with E-state index in [0.717, 1.165) is 0 Å². The molecule has 0 aromatic heterocycles. The summed E-state index contributed by atoms with van der Waals surface area (Å²) < 4.78 is 4.79. The van der Waals surface area contributed by atoms with E-state index >= 15 is 0 Å². The summed E-state index contributed by atoms with van der Waals surface area (Å²) in [6, 6.07) is 5.90. The average Bonchev–Trinajstić information content (AvgIpc) is 2.06. The normalized spacial score (nSPS) is 9.67. The third kappa shape index (κ3) is 2.04. The highest BCUT2D eigenvalue weighted by Crippen LogP contribution is 2.15. The molecule has 5 heteroatoms. The zero-order valence-electron chi connectivity index (χ0n) is 6.02. The van der Waals surface area contributed by atoms with Gasteiger partial charge in [0.15, 0.2) is 0 Å². The fourth-order valence-corrected chi connectivity index (χ4v) is 0.938. The van der Waals surface area contributed by atoms with Crippen LogP contribution in [-0.2, 0) is 0 Å². The minimum absolute atomic E-state index is 0.0503. The second-order valence-electron chi connectivity index (χ2n) is 2.01. The van der Waals surface area contributed by atoms with Crippen LogP contribution in [0.1, 0.15) is 10.4 Å². The van der Waals surface area contributed by atoms with Crippen LogP contribution in [0.15, 0.2) is 24.3 Å². The summed E-state index contributed by atoms with van der Waals surface area (Å²) in [7, 11) is 0.0503. The lowest BCUT2D eigenvalue weighted by Gasteiger charge is -1.97. The summed E-state index contributed by atoms with van der Waals surface area (Å²) in [5.41, 5.74) is 0.212. The number of carboxylic acids is 1. The van der Waals surface area contributed by atoms with Crippen LogP contribution in [0, 0.1) is 5.16 Å². The van der Waals surface area contributed by atoms with Crippen LogP contribution in [0.5, 0.6) is 5.75 Å². The zero-order valence-corrected chi connectivity index (χ0v) is 6.91. The molecule has 0 aliphatic heterocycles. The molecule has 12 heavy (non-hydrogen) atoms. The molecular weight excluding hydrogens is 177 g/mol. The van der Waals surface area contributed by atoms with Gasteiger partial charge in [-0.2, -0.15) is 0 Å². The number of aromatic carboxylic acids is 1. The third-order valence-electron chi connectivity index (χ3n) is 1.25. The SMILES string of the molecule is N=POc1ccc(C(=O)O)cc1. The van der Waals surface area contributed by atoms with Gasteiger partial charge in [0.25, 0.3) is 0 Å². The summed E-state index contributed by atoms with van der Waals surface area (Å²) >= 11 is 0. The second-order valence-corrected chi connectivity index (χ2v) is 2.38. The van der Waals surface area contributed by atoms with Crippen molar-refractivity contribution in [2.75, 3.05) is 0 Å². The lowest BCUT2D eigenvalue weighted by molar-refractivity contribution is 0.0697. The molecule has 0 spiro atoms. The van der Waals surface area contributed by atoms with E-state index in [0.29, 0.717) is 5.75 Å². The van der Waals surface area contributed by atoms with Crippen molar-refractivity contribution in [3.63, 3.8) is 0 Å². The molecule has 0 amide bonds. The first-order valence-electron chi connectivity index (χ1n) is 3.11. The van der Waals surface area contributed by atoms with Gasteiger partial charge in [-0.15, -0.1) is 0 Å². The first-order valence-corrected chi connectivity index (χ1v) is 3.92. The van der Waals surface area contributed by atoms with E-state index in [2.05, 4.69) is 0 Å². The third-order valence-corrected chi connectivity index (χ3v) is 1.55. The molecule has 0 aliphatic carbocycles. The highest BCUT2D eigenvalue weighted by molar-refractivity contribution is 7.19. The largest absolute Gasteiger partial charge is 0.478 e. The zero-order chi connectivity index (χ0) is 8.97. The fraction of sp³-hybridized carbons (Fsp3) is 0. The summed E-state index contributed by atoms with van der Waals surface area (Å²) in [6.45, 7) is 0. The van der Waals surface area contributed by atoms with Gasteiger partial charge in [-0.3, -0.25) is 0 Å². The van der Waals surface area contributed by atoms with Crippen LogP contribution in [0.4, 0.5) is 0 Å². The lowest BCUT2D eigenvalue weighted by Crippen LogP contribution is -1.94. The number of rotatable bonds is 3. The van der Waals surface area contributed by atoms with Gasteiger partial charge in [0.05, 0.1) is 5.56 Å². The van der Waals surface area contributed by atoms with E-state index in [1.165, 1.54) is 24.3 Å². The van der Waals surface area contributed by atoms with E-state index in [9.17, 15) is 4.79 Å². The molecule has 62 valence electrons. The fourth-order valence-electron chi connectivity index (χ4n) is 0.711. The Balaban J connectivity index is 2.85. The van der Waals surface area contributed by atoms with E-state index in [1.807, 2.05) is 0 Å². The van der Waals surface area contributed by atoms with Crippen LogP contribution < -0.4 is 4.52 Å². The van der Waals surface area contributed by atoms with E-state index in [4.69, 9.17) is 14.8 Å².